The highest BCUT2D eigenvalue weighted by Crippen LogP contribution is 2.24. The fraction of sp³-hybridized carbons (Fsp3) is 0.0526. The summed E-state index contributed by atoms with van der Waals surface area (Å²) in [4.78, 5) is 27.5. The Bertz CT molecular complexity index is 1070. The van der Waals surface area contributed by atoms with E-state index in [0.717, 1.165) is 21.9 Å². The van der Waals surface area contributed by atoms with Gasteiger partial charge in [0.15, 0.2) is 5.76 Å². The van der Waals surface area contributed by atoms with Gasteiger partial charge in [0.05, 0.1) is 0 Å². The van der Waals surface area contributed by atoms with E-state index in [1.807, 2.05) is 42.5 Å². The number of hydrazine groups is 1. The first-order chi connectivity index (χ1) is 12.1. The van der Waals surface area contributed by atoms with Crippen LogP contribution >= 0.6 is 0 Å². The summed E-state index contributed by atoms with van der Waals surface area (Å²) in [5.41, 5.74) is 7.37. The number of rotatable bonds is 2. The molecule has 0 fully saturated rings. The van der Waals surface area contributed by atoms with Crippen molar-refractivity contribution in [1.82, 2.24) is 15.8 Å². The largest absolute Gasteiger partial charge is 0.451 e. The number of fused-ring (bicyclic) bond motifs is 2. The maximum Gasteiger partial charge on any atom is 0.305 e. The van der Waals surface area contributed by atoms with Crippen LogP contribution in [0.5, 0.6) is 0 Å². The Morgan fingerprint density at radius 2 is 1.68 bits per heavy atom. The topological polar surface area (TPSA) is 87.1 Å². The predicted octanol–water partition coefficient (Wildman–Crippen LogP) is 3.30. The van der Waals surface area contributed by atoms with Gasteiger partial charge in [-0.1, -0.05) is 36.4 Å². The monoisotopic (exact) mass is 333 g/mol. The molecule has 2 aromatic heterocycles. The van der Waals surface area contributed by atoms with Crippen LogP contribution in [0.3, 0.4) is 0 Å². The van der Waals surface area contributed by atoms with Gasteiger partial charge >= 0.3 is 5.91 Å². The SMILES string of the molecule is Cc1c(C(=O)NNC(=O)c2cc3ccccc3[nH]2)oc2ccccc12. The molecule has 2 amide bonds. The molecule has 0 unspecified atom stereocenters. The molecule has 2 aromatic carbocycles. The van der Waals surface area contributed by atoms with Crippen LogP contribution in [0.4, 0.5) is 0 Å². The summed E-state index contributed by atoms with van der Waals surface area (Å²) in [7, 11) is 0. The van der Waals surface area contributed by atoms with Crippen molar-refractivity contribution < 1.29 is 14.0 Å². The lowest BCUT2D eigenvalue weighted by molar-refractivity contribution is 0.0829. The van der Waals surface area contributed by atoms with Crippen molar-refractivity contribution in [3.05, 3.63) is 71.6 Å². The summed E-state index contributed by atoms with van der Waals surface area (Å²) < 4.78 is 5.58. The first kappa shape index (κ1) is 15.0. The van der Waals surface area contributed by atoms with Gasteiger partial charge < -0.3 is 9.40 Å². The number of hydrogen-bond donors (Lipinski definition) is 3. The molecule has 0 spiro atoms. The van der Waals surface area contributed by atoms with Gasteiger partial charge in [-0.05, 0) is 25.1 Å². The number of nitrogens with one attached hydrogen (secondary N) is 3. The third-order valence-electron chi connectivity index (χ3n) is 4.11. The van der Waals surface area contributed by atoms with Crippen LogP contribution in [0, 0.1) is 6.92 Å². The standard InChI is InChI=1S/C19H15N3O3/c1-11-13-7-3-5-9-16(13)25-17(11)19(24)22-21-18(23)15-10-12-6-2-4-8-14(12)20-15/h2-10,20H,1H3,(H,21,23)(H,22,24). The lowest BCUT2D eigenvalue weighted by Gasteiger charge is -2.05. The molecule has 6 nitrogen and oxygen atoms in total. The lowest BCUT2D eigenvalue weighted by Crippen LogP contribution is -2.41. The van der Waals surface area contributed by atoms with Crippen molar-refractivity contribution in [1.29, 1.82) is 0 Å². The van der Waals surface area contributed by atoms with E-state index in [1.54, 1.807) is 19.1 Å². The number of aromatic amines is 1. The summed E-state index contributed by atoms with van der Waals surface area (Å²) in [6, 6.07) is 16.7. The van der Waals surface area contributed by atoms with E-state index in [0.29, 0.717) is 11.3 Å². The third kappa shape index (κ3) is 2.63. The van der Waals surface area contributed by atoms with Crippen molar-refractivity contribution in [3.8, 4) is 0 Å². The number of hydrogen-bond acceptors (Lipinski definition) is 3. The molecule has 124 valence electrons. The molecule has 25 heavy (non-hydrogen) atoms. The van der Waals surface area contributed by atoms with Gasteiger partial charge in [-0.3, -0.25) is 20.4 Å². The number of aromatic nitrogens is 1. The van der Waals surface area contributed by atoms with Gasteiger partial charge in [-0.2, -0.15) is 0 Å². The average Bonchev–Trinajstić information content (AvgIpc) is 3.21. The summed E-state index contributed by atoms with van der Waals surface area (Å²) in [5, 5.41) is 1.79. The number of para-hydroxylation sites is 2. The summed E-state index contributed by atoms with van der Waals surface area (Å²) in [5.74, 6) is -0.755. The highest BCUT2D eigenvalue weighted by atomic mass is 16.3. The zero-order chi connectivity index (χ0) is 17.4. The first-order valence-electron chi connectivity index (χ1n) is 7.80. The van der Waals surface area contributed by atoms with Crippen molar-refractivity contribution in [2.75, 3.05) is 0 Å². The van der Waals surface area contributed by atoms with E-state index in [-0.39, 0.29) is 5.76 Å². The molecule has 0 atom stereocenters. The minimum Gasteiger partial charge on any atom is -0.451 e. The Morgan fingerprint density at radius 1 is 0.960 bits per heavy atom. The maximum atomic E-state index is 12.3. The molecule has 6 heteroatoms. The molecule has 0 bridgehead atoms. The molecule has 0 aliphatic heterocycles. The first-order valence-corrected chi connectivity index (χ1v) is 7.80. The van der Waals surface area contributed by atoms with E-state index in [2.05, 4.69) is 15.8 Å². The van der Waals surface area contributed by atoms with E-state index < -0.39 is 11.8 Å². The number of H-pyrrole nitrogens is 1. The number of carbonyl (C=O) groups excluding carboxylic acids is 2. The molecular formula is C19H15N3O3. The smallest absolute Gasteiger partial charge is 0.305 e. The molecule has 4 aromatic rings. The van der Waals surface area contributed by atoms with Gasteiger partial charge in [-0.25, -0.2) is 0 Å². The van der Waals surface area contributed by atoms with Crippen molar-refractivity contribution in [3.63, 3.8) is 0 Å². The van der Waals surface area contributed by atoms with Gasteiger partial charge in [0.2, 0.25) is 0 Å². The van der Waals surface area contributed by atoms with Gasteiger partial charge in [0, 0.05) is 21.9 Å². The van der Waals surface area contributed by atoms with Gasteiger partial charge in [0.25, 0.3) is 5.91 Å². The van der Waals surface area contributed by atoms with Gasteiger partial charge in [0.1, 0.15) is 11.3 Å². The van der Waals surface area contributed by atoms with Crippen molar-refractivity contribution in [2.24, 2.45) is 0 Å². The van der Waals surface area contributed by atoms with Crippen LogP contribution in [-0.2, 0) is 0 Å². The molecule has 0 radical (unpaired) electrons. The summed E-state index contributed by atoms with van der Waals surface area (Å²) >= 11 is 0. The Balaban J connectivity index is 1.50. The zero-order valence-corrected chi connectivity index (χ0v) is 13.4. The Labute approximate surface area is 142 Å². The number of aryl methyl sites for hydroxylation is 1. The molecule has 0 saturated heterocycles. The van der Waals surface area contributed by atoms with E-state index >= 15 is 0 Å². The normalized spacial score (nSPS) is 10.9. The second kappa shape index (κ2) is 5.83. The van der Waals surface area contributed by atoms with Crippen LogP contribution in [0.2, 0.25) is 0 Å². The minimum absolute atomic E-state index is 0.179. The van der Waals surface area contributed by atoms with Crippen LogP contribution in [0.25, 0.3) is 21.9 Å². The molecule has 2 heterocycles. The zero-order valence-electron chi connectivity index (χ0n) is 13.4. The Hall–Kier alpha value is -3.54. The molecular weight excluding hydrogens is 318 g/mol. The predicted molar refractivity (Wildman–Crippen MR) is 94.2 cm³/mol. The second-order valence-corrected chi connectivity index (χ2v) is 5.73. The molecule has 3 N–H and O–H groups in total. The minimum atomic E-state index is -0.502. The van der Waals surface area contributed by atoms with Crippen LogP contribution in [-0.4, -0.2) is 16.8 Å². The fourth-order valence-corrected chi connectivity index (χ4v) is 2.82. The summed E-state index contributed by atoms with van der Waals surface area (Å²) in [6.07, 6.45) is 0. The Kier molecular flexibility index (Phi) is 3.50. The van der Waals surface area contributed by atoms with Crippen LogP contribution in [0.1, 0.15) is 26.6 Å². The highest BCUT2D eigenvalue weighted by molar-refractivity contribution is 6.02. The van der Waals surface area contributed by atoms with Crippen molar-refractivity contribution in [2.45, 2.75) is 6.92 Å². The lowest BCUT2D eigenvalue weighted by atomic mass is 10.1. The summed E-state index contributed by atoms with van der Waals surface area (Å²) in [6.45, 7) is 1.81. The molecule has 0 aliphatic rings. The van der Waals surface area contributed by atoms with Crippen LogP contribution < -0.4 is 10.9 Å². The Morgan fingerprint density at radius 3 is 2.48 bits per heavy atom. The molecule has 0 saturated carbocycles. The van der Waals surface area contributed by atoms with Gasteiger partial charge in [-0.15, -0.1) is 0 Å². The van der Waals surface area contributed by atoms with E-state index in [4.69, 9.17) is 4.42 Å². The quantitative estimate of drug-likeness (QED) is 0.492. The van der Waals surface area contributed by atoms with Crippen LogP contribution in [0.15, 0.2) is 59.0 Å². The molecule has 4 rings (SSSR count). The number of benzene rings is 2. The fourth-order valence-electron chi connectivity index (χ4n) is 2.82. The maximum absolute atomic E-state index is 12.3. The second-order valence-electron chi connectivity index (χ2n) is 5.73. The van der Waals surface area contributed by atoms with Crippen molar-refractivity contribution >= 4 is 33.7 Å². The molecule has 0 aliphatic carbocycles. The number of carbonyl (C=O) groups is 2. The highest BCUT2D eigenvalue weighted by Gasteiger charge is 2.18. The third-order valence-corrected chi connectivity index (χ3v) is 4.11. The van der Waals surface area contributed by atoms with E-state index in [1.165, 1.54) is 0 Å². The van der Waals surface area contributed by atoms with E-state index in [9.17, 15) is 9.59 Å². The number of amides is 2. The average molecular weight is 333 g/mol. The number of furan rings is 1.